The van der Waals surface area contributed by atoms with Crippen LogP contribution in [0.5, 0.6) is 0 Å². The molecule has 2 N–H and O–H groups in total. The van der Waals surface area contributed by atoms with Crippen LogP contribution in [0.1, 0.15) is 33.6 Å². The van der Waals surface area contributed by atoms with E-state index in [0.29, 0.717) is 12.5 Å². The molecule has 4 nitrogen and oxygen atoms in total. The molecule has 0 radical (unpaired) electrons. The first kappa shape index (κ1) is 14.4. The van der Waals surface area contributed by atoms with Crippen molar-refractivity contribution in [2.24, 2.45) is 0 Å². The average Bonchev–Trinajstić information content (AvgIpc) is 2.14. The van der Waals surface area contributed by atoms with Crippen molar-refractivity contribution in [1.82, 2.24) is 10.2 Å². The van der Waals surface area contributed by atoms with Gasteiger partial charge in [0, 0.05) is 31.6 Å². The first-order valence-corrected chi connectivity index (χ1v) is 5.59. The Morgan fingerprint density at radius 1 is 1.40 bits per heavy atom. The highest BCUT2D eigenvalue weighted by molar-refractivity contribution is 5.66. The second-order valence-electron chi connectivity index (χ2n) is 4.36. The van der Waals surface area contributed by atoms with Gasteiger partial charge in [0.05, 0.1) is 0 Å². The summed E-state index contributed by atoms with van der Waals surface area (Å²) in [6.45, 7) is 8.25. The molecule has 15 heavy (non-hydrogen) atoms. The second kappa shape index (κ2) is 7.65. The van der Waals surface area contributed by atoms with Crippen LogP contribution in [0.4, 0.5) is 0 Å². The smallest absolute Gasteiger partial charge is 0.303 e. The normalized spacial score (nSPS) is 13.5. The number of carbonyl (C=O) groups is 1. The summed E-state index contributed by atoms with van der Waals surface area (Å²) in [5.41, 5.74) is 0. The Morgan fingerprint density at radius 2 is 2.00 bits per heavy atom. The summed E-state index contributed by atoms with van der Waals surface area (Å²) < 4.78 is 0. The number of nitrogens with one attached hydrogen (secondary N) is 1. The molecule has 0 aliphatic carbocycles. The number of carboxylic acid groups (broad SMARTS) is 1. The van der Waals surface area contributed by atoms with E-state index < -0.39 is 5.97 Å². The molecule has 4 heteroatoms. The van der Waals surface area contributed by atoms with Crippen LogP contribution in [0.25, 0.3) is 0 Å². The summed E-state index contributed by atoms with van der Waals surface area (Å²) in [4.78, 5) is 12.6. The molecule has 0 saturated carbocycles. The fraction of sp³-hybridized carbons (Fsp3) is 0.909. The number of aliphatic carboxylic acids is 1. The zero-order valence-corrected chi connectivity index (χ0v) is 10.3. The Balaban J connectivity index is 3.46. The zero-order valence-electron chi connectivity index (χ0n) is 10.3. The van der Waals surface area contributed by atoms with Gasteiger partial charge < -0.3 is 15.3 Å². The van der Waals surface area contributed by atoms with Crippen LogP contribution in [0.2, 0.25) is 0 Å². The van der Waals surface area contributed by atoms with Gasteiger partial charge in [-0.15, -0.1) is 0 Å². The molecule has 0 aliphatic rings. The summed E-state index contributed by atoms with van der Waals surface area (Å²) >= 11 is 0. The van der Waals surface area contributed by atoms with E-state index in [9.17, 15) is 4.79 Å². The van der Waals surface area contributed by atoms with E-state index in [0.717, 1.165) is 13.1 Å². The maximum absolute atomic E-state index is 10.3. The van der Waals surface area contributed by atoms with E-state index in [4.69, 9.17) is 5.11 Å². The van der Waals surface area contributed by atoms with Crippen molar-refractivity contribution < 1.29 is 9.90 Å². The molecular weight excluding hydrogens is 192 g/mol. The van der Waals surface area contributed by atoms with Crippen LogP contribution >= 0.6 is 0 Å². The van der Waals surface area contributed by atoms with Crippen molar-refractivity contribution in [3.8, 4) is 0 Å². The second-order valence-corrected chi connectivity index (χ2v) is 4.36. The molecule has 0 fully saturated rings. The van der Waals surface area contributed by atoms with E-state index in [2.05, 4.69) is 31.1 Å². The van der Waals surface area contributed by atoms with E-state index in [1.54, 1.807) is 0 Å². The molecule has 0 heterocycles. The third-order valence-corrected chi connectivity index (χ3v) is 2.63. The van der Waals surface area contributed by atoms with Gasteiger partial charge in [-0.25, -0.2) is 0 Å². The molecule has 0 spiro atoms. The third-order valence-electron chi connectivity index (χ3n) is 2.63. The van der Waals surface area contributed by atoms with E-state index in [-0.39, 0.29) is 12.5 Å². The minimum absolute atomic E-state index is 0.244. The monoisotopic (exact) mass is 216 g/mol. The SMILES string of the molecule is CC(CCC(=O)O)NCCN(C)C(C)C. The molecule has 0 rings (SSSR count). The minimum Gasteiger partial charge on any atom is -0.481 e. The number of rotatable bonds is 8. The topological polar surface area (TPSA) is 52.6 Å². The molecule has 0 aromatic carbocycles. The third kappa shape index (κ3) is 8.39. The standard InChI is InChI=1S/C11H24N2O2/c1-9(2)13(4)8-7-12-10(3)5-6-11(14)15/h9-10,12H,5-8H2,1-4H3,(H,14,15). The van der Waals surface area contributed by atoms with Gasteiger partial charge in [-0.3, -0.25) is 4.79 Å². The Morgan fingerprint density at radius 3 is 2.47 bits per heavy atom. The lowest BCUT2D eigenvalue weighted by Crippen LogP contribution is -2.37. The first-order valence-electron chi connectivity index (χ1n) is 5.59. The Hall–Kier alpha value is -0.610. The Kier molecular flexibility index (Phi) is 7.34. The zero-order chi connectivity index (χ0) is 11.8. The fourth-order valence-corrected chi connectivity index (χ4v) is 1.19. The molecule has 0 aliphatic heterocycles. The molecule has 0 aromatic rings. The lowest BCUT2D eigenvalue weighted by molar-refractivity contribution is -0.137. The van der Waals surface area contributed by atoms with Crippen molar-refractivity contribution >= 4 is 5.97 Å². The maximum Gasteiger partial charge on any atom is 0.303 e. The van der Waals surface area contributed by atoms with Crippen LogP contribution < -0.4 is 5.32 Å². The highest BCUT2D eigenvalue weighted by Gasteiger charge is 2.06. The van der Waals surface area contributed by atoms with E-state index in [1.807, 2.05) is 6.92 Å². The van der Waals surface area contributed by atoms with Gasteiger partial charge in [0.2, 0.25) is 0 Å². The van der Waals surface area contributed by atoms with Crippen molar-refractivity contribution in [2.75, 3.05) is 20.1 Å². The summed E-state index contributed by atoms with van der Waals surface area (Å²) in [5.74, 6) is -0.719. The number of likely N-dealkylation sites (N-methyl/N-ethyl adjacent to an activating group) is 1. The Bertz CT molecular complexity index is 183. The van der Waals surface area contributed by atoms with Gasteiger partial charge in [-0.1, -0.05) is 0 Å². The molecule has 0 bridgehead atoms. The lowest BCUT2D eigenvalue weighted by Gasteiger charge is -2.22. The van der Waals surface area contributed by atoms with Crippen LogP contribution in [-0.2, 0) is 4.79 Å². The highest BCUT2D eigenvalue weighted by atomic mass is 16.4. The van der Waals surface area contributed by atoms with E-state index in [1.165, 1.54) is 0 Å². The number of hydrogen-bond donors (Lipinski definition) is 2. The summed E-state index contributed by atoms with van der Waals surface area (Å²) in [6.07, 6.45) is 0.939. The highest BCUT2D eigenvalue weighted by Crippen LogP contribution is 1.96. The van der Waals surface area contributed by atoms with E-state index >= 15 is 0 Å². The van der Waals surface area contributed by atoms with Crippen LogP contribution in [0.3, 0.4) is 0 Å². The quantitative estimate of drug-likeness (QED) is 0.639. The predicted octanol–water partition coefficient (Wildman–Crippen LogP) is 1.17. The van der Waals surface area contributed by atoms with Gasteiger partial charge in [0.25, 0.3) is 0 Å². The summed E-state index contributed by atoms with van der Waals surface area (Å²) in [6, 6.07) is 0.836. The number of carboxylic acids is 1. The van der Waals surface area contributed by atoms with Gasteiger partial charge in [-0.2, -0.15) is 0 Å². The molecule has 90 valence electrons. The predicted molar refractivity (Wildman–Crippen MR) is 62.1 cm³/mol. The number of hydrogen-bond acceptors (Lipinski definition) is 3. The van der Waals surface area contributed by atoms with Crippen LogP contribution in [-0.4, -0.2) is 48.2 Å². The molecular formula is C11H24N2O2. The molecule has 1 atom stereocenters. The first-order chi connectivity index (χ1) is 6.93. The van der Waals surface area contributed by atoms with Crippen LogP contribution in [0.15, 0.2) is 0 Å². The Labute approximate surface area is 92.7 Å². The largest absolute Gasteiger partial charge is 0.481 e. The maximum atomic E-state index is 10.3. The lowest BCUT2D eigenvalue weighted by atomic mass is 10.2. The summed E-state index contributed by atoms with van der Waals surface area (Å²) in [5, 5.41) is 11.8. The van der Waals surface area contributed by atoms with Crippen LogP contribution in [0, 0.1) is 0 Å². The molecule has 0 aromatic heterocycles. The molecule has 0 saturated heterocycles. The average molecular weight is 216 g/mol. The van der Waals surface area contributed by atoms with Gasteiger partial charge in [-0.05, 0) is 34.2 Å². The van der Waals surface area contributed by atoms with Gasteiger partial charge in [0.15, 0.2) is 0 Å². The van der Waals surface area contributed by atoms with Gasteiger partial charge in [0.1, 0.15) is 0 Å². The fourth-order valence-electron chi connectivity index (χ4n) is 1.19. The van der Waals surface area contributed by atoms with Crippen molar-refractivity contribution in [1.29, 1.82) is 0 Å². The minimum atomic E-state index is -0.719. The van der Waals surface area contributed by atoms with Crippen molar-refractivity contribution in [2.45, 2.75) is 45.7 Å². The molecule has 0 amide bonds. The van der Waals surface area contributed by atoms with Gasteiger partial charge >= 0.3 is 5.97 Å². The van der Waals surface area contributed by atoms with Crippen molar-refractivity contribution in [3.05, 3.63) is 0 Å². The van der Waals surface area contributed by atoms with Crippen molar-refractivity contribution in [3.63, 3.8) is 0 Å². The molecule has 1 unspecified atom stereocenters. The summed E-state index contributed by atoms with van der Waals surface area (Å²) in [7, 11) is 2.09. The number of nitrogens with zero attached hydrogens (tertiary/aromatic N) is 1.